The summed E-state index contributed by atoms with van der Waals surface area (Å²) in [5, 5.41) is 29.6. The molecule has 2 rings (SSSR count). The maximum absolute atomic E-state index is 13.7. The van der Waals surface area contributed by atoms with Crippen LogP contribution in [-0.2, 0) is 26.0 Å². The summed E-state index contributed by atoms with van der Waals surface area (Å²) in [6.45, 7) is 9.22. The zero-order chi connectivity index (χ0) is 33.6. The normalized spacial score (nSPS) is 15.1. The van der Waals surface area contributed by atoms with Crippen molar-refractivity contribution in [3.05, 3.63) is 66.0 Å². The van der Waals surface area contributed by atoms with Crippen molar-refractivity contribution in [1.82, 2.24) is 20.9 Å². The van der Waals surface area contributed by atoms with E-state index in [1.165, 1.54) is 25.4 Å². The van der Waals surface area contributed by atoms with E-state index >= 15 is 0 Å². The second-order valence-electron chi connectivity index (χ2n) is 12.0. The highest BCUT2D eigenvalue weighted by molar-refractivity contribution is 7.92. The van der Waals surface area contributed by atoms with Gasteiger partial charge in [0.1, 0.15) is 12.1 Å². The van der Waals surface area contributed by atoms with E-state index in [0.29, 0.717) is 25.7 Å². The van der Waals surface area contributed by atoms with Gasteiger partial charge in [0.05, 0.1) is 34.6 Å². The van der Waals surface area contributed by atoms with E-state index in [4.69, 9.17) is 0 Å². The molecule has 0 bridgehead atoms. The standard InChI is InChI=1S/C33H50N4O7S/c1-6-12-26(13-7-2)45(43,44)21-28(37-32(41)25-16-11-17-34-20-25)33(42)36-27(18-22(3)4)30(39)29(38)23(5)31(40)35-19-24-14-9-8-10-15-24/h8-11,14-17,20,22-23,26-30,38-39H,6-7,12-13,18-19,21H2,1-5H3,(H,35,40)(H,36,42)(H,37,41)/t23-,27+,28?,29-,30-/m1/s1. The topological polar surface area (TPSA) is 175 Å². The van der Waals surface area contributed by atoms with Gasteiger partial charge in [-0.1, -0.05) is 77.8 Å². The van der Waals surface area contributed by atoms with Crippen molar-refractivity contribution in [2.24, 2.45) is 11.8 Å². The smallest absolute Gasteiger partial charge is 0.253 e. The summed E-state index contributed by atoms with van der Waals surface area (Å²) < 4.78 is 27.0. The Bertz CT molecular complexity index is 1300. The lowest BCUT2D eigenvalue weighted by molar-refractivity contribution is -0.133. The van der Waals surface area contributed by atoms with Crippen LogP contribution in [0, 0.1) is 11.8 Å². The van der Waals surface area contributed by atoms with Crippen LogP contribution in [0.1, 0.15) is 82.6 Å². The molecule has 0 aliphatic heterocycles. The van der Waals surface area contributed by atoms with Crippen molar-refractivity contribution in [2.45, 2.75) is 103 Å². The fraction of sp³-hybridized carbons (Fsp3) is 0.576. The third-order valence-electron chi connectivity index (χ3n) is 7.72. The maximum atomic E-state index is 13.7. The van der Waals surface area contributed by atoms with Crippen LogP contribution < -0.4 is 16.0 Å². The van der Waals surface area contributed by atoms with E-state index in [2.05, 4.69) is 20.9 Å². The van der Waals surface area contributed by atoms with Gasteiger partial charge in [0.2, 0.25) is 11.8 Å². The van der Waals surface area contributed by atoms with Gasteiger partial charge in [0.15, 0.2) is 9.84 Å². The van der Waals surface area contributed by atoms with Crippen molar-refractivity contribution in [3.8, 4) is 0 Å². The Morgan fingerprint density at radius 1 is 0.867 bits per heavy atom. The van der Waals surface area contributed by atoms with E-state index in [-0.39, 0.29) is 24.4 Å². The van der Waals surface area contributed by atoms with Gasteiger partial charge in [0.25, 0.3) is 5.91 Å². The van der Waals surface area contributed by atoms with Crippen LogP contribution >= 0.6 is 0 Å². The molecule has 1 aromatic heterocycles. The number of aromatic nitrogens is 1. The summed E-state index contributed by atoms with van der Waals surface area (Å²) in [7, 11) is -3.82. The molecule has 0 aliphatic rings. The number of nitrogens with one attached hydrogen (secondary N) is 3. The second-order valence-corrected chi connectivity index (χ2v) is 14.3. The summed E-state index contributed by atoms with van der Waals surface area (Å²) in [6.07, 6.45) is 2.02. The SMILES string of the molecule is CCCC(CCC)S(=O)(=O)CC(NC(=O)c1cccnc1)C(=O)N[C@@H](CC(C)C)[C@@H](O)[C@H](O)[C@@H](C)C(=O)NCc1ccccc1. The minimum atomic E-state index is -3.82. The predicted octanol–water partition coefficient (Wildman–Crippen LogP) is 2.77. The van der Waals surface area contributed by atoms with E-state index in [9.17, 15) is 33.0 Å². The molecule has 5 N–H and O–H groups in total. The van der Waals surface area contributed by atoms with Crippen molar-refractivity contribution in [1.29, 1.82) is 0 Å². The van der Waals surface area contributed by atoms with Gasteiger partial charge in [-0.05, 0) is 42.9 Å². The van der Waals surface area contributed by atoms with Gasteiger partial charge in [-0.25, -0.2) is 8.42 Å². The maximum Gasteiger partial charge on any atom is 0.253 e. The van der Waals surface area contributed by atoms with E-state index < -0.39 is 68.8 Å². The van der Waals surface area contributed by atoms with Crippen LogP contribution in [0.15, 0.2) is 54.9 Å². The molecule has 2 aromatic rings. The lowest BCUT2D eigenvalue weighted by Crippen LogP contribution is -2.58. The summed E-state index contributed by atoms with van der Waals surface area (Å²) in [5.74, 6) is -3.69. The van der Waals surface area contributed by atoms with Crippen molar-refractivity contribution in [2.75, 3.05) is 5.75 Å². The number of aliphatic hydroxyl groups is 2. The largest absolute Gasteiger partial charge is 0.390 e. The average molecular weight is 647 g/mol. The third kappa shape index (κ3) is 12.2. The molecule has 5 atom stereocenters. The lowest BCUT2D eigenvalue weighted by atomic mass is 9.89. The molecule has 1 heterocycles. The van der Waals surface area contributed by atoms with Crippen molar-refractivity contribution in [3.63, 3.8) is 0 Å². The van der Waals surface area contributed by atoms with Gasteiger partial charge in [0, 0.05) is 18.9 Å². The van der Waals surface area contributed by atoms with Gasteiger partial charge in [-0.3, -0.25) is 19.4 Å². The number of hydrogen-bond acceptors (Lipinski definition) is 8. The summed E-state index contributed by atoms with van der Waals surface area (Å²) in [5.41, 5.74) is 1.02. The number of nitrogens with zero attached hydrogens (tertiary/aromatic N) is 1. The molecule has 3 amide bonds. The molecule has 0 aliphatic carbocycles. The Kier molecular flexibility index (Phi) is 15.6. The van der Waals surface area contributed by atoms with Crippen LogP contribution in [0.2, 0.25) is 0 Å². The summed E-state index contributed by atoms with van der Waals surface area (Å²) in [4.78, 5) is 43.5. The molecule has 0 spiro atoms. The first-order valence-electron chi connectivity index (χ1n) is 15.7. The van der Waals surface area contributed by atoms with Crippen molar-refractivity contribution < 1.29 is 33.0 Å². The number of sulfone groups is 1. The Labute approximate surface area is 267 Å². The number of hydrogen-bond donors (Lipinski definition) is 5. The zero-order valence-electron chi connectivity index (χ0n) is 27.0. The number of carbonyl (C=O) groups is 3. The molecule has 0 saturated carbocycles. The Morgan fingerprint density at radius 2 is 1.51 bits per heavy atom. The number of rotatable bonds is 19. The number of benzene rings is 1. The molecule has 250 valence electrons. The van der Waals surface area contributed by atoms with Crippen LogP contribution in [0.4, 0.5) is 0 Å². The minimum absolute atomic E-state index is 0.0509. The molecule has 12 heteroatoms. The molecule has 45 heavy (non-hydrogen) atoms. The van der Waals surface area contributed by atoms with Gasteiger partial charge < -0.3 is 26.2 Å². The number of amides is 3. The van der Waals surface area contributed by atoms with Crippen LogP contribution in [0.25, 0.3) is 0 Å². The lowest BCUT2D eigenvalue weighted by Gasteiger charge is -2.32. The van der Waals surface area contributed by atoms with Gasteiger partial charge in [-0.2, -0.15) is 0 Å². The zero-order valence-corrected chi connectivity index (χ0v) is 27.8. The first-order chi connectivity index (χ1) is 21.3. The first-order valence-corrected chi connectivity index (χ1v) is 17.4. The molecule has 0 saturated heterocycles. The highest BCUT2D eigenvalue weighted by atomic mass is 32.2. The Balaban J connectivity index is 2.28. The Morgan fingerprint density at radius 3 is 2.07 bits per heavy atom. The van der Waals surface area contributed by atoms with E-state index in [1.807, 2.05) is 58.0 Å². The average Bonchev–Trinajstić information content (AvgIpc) is 3.02. The van der Waals surface area contributed by atoms with E-state index in [0.717, 1.165) is 5.56 Å². The highest BCUT2D eigenvalue weighted by Crippen LogP contribution is 2.19. The fourth-order valence-electron chi connectivity index (χ4n) is 5.15. The Hall–Kier alpha value is -3.35. The first kappa shape index (κ1) is 37.8. The van der Waals surface area contributed by atoms with Crippen LogP contribution in [0.3, 0.4) is 0 Å². The number of aliphatic hydroxyl groups excluding tert-OH is 2. The summed E-state index contributed by atoms with van der Waals surface area (Å²) >= 11 is 0. The molecule has 1 aromatic carbocycles. The quantitative estimate of drug-likeness (QED) is 0.155. The van der Waals surface area contributed by atoms with Gasteiger partial charge in [-0.15, -0.1) is 0 Å². The molecular formula is C33H50N4O7S. The predicted molar refractivity (Wildman–Crippen MR) is 174 cm³/mol. The second kappa shape index (κ2) is 18.6. The monoisotopic (exact) mass is 646 g/mol. The molecule has 1 unspecified atom stereocenters. The van der Waals surface area contributed by atoms with Gasteiger partial charge >= 0.3 is 0 Å². The third-order valence-corrected chi connectivity index (χ3v) is 10.0. The van der Waals surface area contributed by atoms with Crippen LogP contribution in [0.5, 0.6) is 0 Å². The number of carbonyl (C=O) groups excluding carboxylic acids is 3. The van der Waals surface area contributed by atoms with Crippen LogP contribution in [-0.4, -0.2) is 76.6 Å². The molecule has 11 nitrogen and oxygen atoms in total. The molecule has 0 radical (unpaired) electrons. The summed E-state index contributed by atoms with van der Waals surface area (Å²) in [6, 6.07) is 9.76. The molecular weight excluding hydrogens is 596 g/mol. The minimum Gasteiger partial charge on any atom is -0.390 e. The number of pyridine rings is 1. The molecule has 0 fully saturated rings. The highest BCUT2D eigenvalue weighted by Gasteiger charge is 2.38. The van der Waals surface area contributed by atoms with Crippen molar-refractivity contribution >= 4 is 27.6 Å². The fourth-order valence-corrected chi connectivity index (χ4v) is 7.31. The van der Waals surface area contributed by atoms with E-state index in [1.54, 1.807) is 6.07 Å².